The minimum absolute atomic E-state index is 0.593. The molecule has 1 fully saturated rings. The van der Waals surface area contributed by atoms with Gasteiger partial charge < -0.3 is 4.74 Å². The summed E-state index contributed by atoms with van der Waals surface area (Å²) in [5, 5.41) is 0.855. The topological polar surface area (TPSA) is 9.23 Å². The number of ether oxygens (including phenoxy) is 1. The lowest BCUT2D eigenvalue weighted by Crippen LogP contribution is -2.04. The molecule has 0 spiro atoms. The van der Waals surface area contributed by atoms with Crippen LogP contribution >= 0.6 is 12.2 Å². The van der Waals surface area contributed by atoms with Gasteiger partial charge in [-0.2, -0.15) is 0 Å². The van der Waals surface area contributed by atoms with Crippen molar-refractivity contribution < 1.29 is 4.74 Å². The van der Waals surface area contributed by atoms with E-state index in [0.29, 0.717) is 5.92 Å². The zero-order chi connectivity index (χ0) is 7.40. The van der Waals surface area contributed by atoms with E-state index in [-0.39, 0.29) is 0 Å². The van der Waals surface area contributed by atoms with E-state index in [9.17, 15) is 0 Å². The molecule has 1 nitrogen and oxygen atoms in total. The number of thiocarbonyl (C=S) groups is 1. The standard InChI is InChI=1S/C8H14OS/c1-2-3-4-7-5-6-9-8(7)10/h7H,2-6H2,1H3. The van der Waals surface area contributed by atoms with Crippen molar-refractivity contribution in [2.45, 2.75) is 32.6 Å². The summed E-state index contributed by atoms with van der Waals surface area (Å²) < 4.78 is 5.19. The van der Waals surface area contributed by atoms with Crippen LogP contribution in [-0.2, 0) is 4.74 Å². The van der Waals surface area contributed by atoms with Crippen molar-refractivity contribution in [3.05, 3.63) is 0 Å². The van der Waals surface area contributed by atoms with E-state index in [1.807, 2.05) is 0 Å². The maximum absolute atomic E-state index is 5.19. The Bertz CT molecular complexity index is 122. The molecule has 1 heterocycles. The van der Waals surface area contributed by atoms with Gasteiger partial charge in [-0.25, -0.2) is 0 Å². The molecule has 0 aliphatic carbocycles. The lowest BCUT2D eigenvalue weighted by atomic mass is 10.0. The molecule has 2 heteroatoms. The van der Waals surface area contributed by atoms with Crippen LogP contribution in [0.2, 0.25) is 0 Å². The van der Waals surface area contributed by atoms with E-state index >= 15 is 0 Å². The SMILES string of the molecule is CCCCC1CCOC1=S. The van der Waals surface area contributed by atoms with Gasteiger partial charge in [0, 0.05) is 5.92 Å². The van der Waals surface area contributed by atoms with E-state index in [2.05, 4.69) is 6.92 Å². The van der Waals surface area contributed by atoms with Gasteiger partial charge in [0.15, 0.2) is 5.05 Å². The van der Waals surface area contributed by atoms with Gasteiger partial charge in [-0.15, -0.1) is 0 Å². The first kappa shape index (κ1) is 7.99. The summed E-state index contributed by atoms with van der Waals surface area (Å²) in [6, 6.07) is 0. The molecule has 1 atom stereocenters. The third-order valence-corrected chi connectivity index (χ3v) is 2.40. The maximum Gasteiger partial charge on any atom is 0.162 e. The summed E-state index contributed by atoms with van der Waals surface area (Å²) in [5.41, 5.74) is 0. The molecular weight excluding hydrogens is 144 g/mol. The van der Waals surface area contributed by atoms with Gasteiger partial charge in [-0.3, -0.25) is 0 Å². The van der Waals surface area contributed by atoms with Gasteiger partial charge in [0.05, 0.1) is 6.61 Å². The Morgan fingerprint density at radius 1 is 1.70 bits per heavy atom. The first-order chi connectivity index (χ1) is 4.84. The van der Waals surface area contributed by atoms with Crippen LogP contribution in [0.1, 0.15) is 32.6 Å². The highest BCUT2D eigenvalue weighted by Crippen LogP contribution is 2.21. The Kier molecular flexibility index (Phi) is 3.13. The van der Waals surface area contributed by atoms with Crippen LogP contribution in [0.25, 0.3) is 0 Å². The van der Waals surface area contributed by atoms with Crippen molar-refractivity contribution in [3.63, 3.8) is 0 Å². The highest BCUT2D eigenvalue weighted by molar-refractivity contribution is 7.80. The molecule has 0 radical (unpaired) electrons. The monoisotopic (exact) mass is 158 g/mol. The predicted octanol–water partition coefficient (Wildman–Crippen LogP) is 2.54. The average molecular weight is 158 g/mol. The van der Waals surface area contributed by atoms with E-state index in [0.717, 1.165) is 18.1 Å². The van der Waals surface area contributed by atoms with Crippen LogP contribution in [0.5, 0.6) is 0 Å². The Morgan fingerprint density at radius 3 is 3.00 bits per heavy atom. The lowest BCUT2D eigenvalue weighted by Gasteiger charge is -2.04. The largest absolute Gasteiger partial charge is 0.487 e. The van der Waals surface area contributed by atoms with Crippen LogP contribution in [-0.4, -0.2) is 11.7 Å². The first-order valence-electron chi connectivity index (χ1n) is 4.01. The van der Waals surface area contributed by atoms with Crippen LogP contribution in [0, 0.1) is 5.92 Å². The van der Waals surface area contributed by atoms with Crippen molar-refractivity contribution in [1.82, 2.24) is 0 Å². The highest BCUT2D eigenvalue weighted by atomic mass is 32.1. The van der Waals surface area contributed by atoms with Crippen molar-refractivity contribution >= 4 is 17.3 Å². The number of rotatable bonds is 3. The Balaban J connectivity index is 2.20. The summed E-state index contributed by atoms with van der Waals surface area (Å²) in [5.74, 6) is 0.593. The third kappa shape index (κ3) is 1.94. The molecule has 0 aromatic rings. The number of hydrogen-bond acceptors (Lipinski definition) is 2. The molecular formula is C8H14OS. The average Bonchev–Trinajstić information content (AvgIpc) is 2.31. The Labute approximate surface area is 67.8 Å². The van der Waals surface area contributed by atoms with Crippen LogP contribution in [0.3, 0.4) is 0 Å². The van der Waals surface area contributed by atoms with Crippen LogP contribution in [0.4, 0.5) is 0 Å². The summed E-state index contributed by atoms with van der Waals surface area (Å²) in [7, 11) is 0. The predicted molar refractivity (Wildman–Crippen MR) is 46.2 cm³/mol. The molecule has 10 heavy (non-hydrogen) atoms. The van der Waals surface area contributed by atoms with Crippen molar-refractivity contribution in [1.29, 1.82) is 0 Å². The van der Waals surface area contributed by atoms with Gasteiger partial charge in [-0.05, 0) is 25.1 Å². The molecule has 0 saturated carbocycles. The van der Waals surface area contributed by atoms with E-state index < -0.39 is 0 Å². The molecule has 1 rings (SSSR count). The second-order valence-electron chi connectivity index (χ2n) is 2.80. The van der Waals surface area contributed by atoms with Crippen molar-refractivity contribution in [3.8, 4) is 0 Å². The highest BCUT2D eigenvalue weighted by Gasteiger charge is 2.21. The molecule has 58 valence electrons. The fourth-order valence-electron chi connectivity index (χ4n) is 1.25. The molecule has 1 aliphatic rings. The zero-order valence-corrected chi connectivity index (χ0v) is 7.25. The van der Waals surface area contributed by atoms with Gasteiger partial charge in [0.25, 0.3) is 0 Å². The van der Waals surface area contributed by atoms with Crippen LogP contribution < -0.4 is 0 Å². The number of unbranched alkanes of at least 4 members (excludes halogenated alkanes) is 1. The van der Waals surface area contributed by atoms with Crippen molar-refractivity contribution in [2.75, 3.05) is 6.61 Å². The smallest absolute Gasteiger partial charge is 0.162 e. The van der Waals surface area contributed by atoms with Gasteiger partial charge in [0.1, 0.15) is 0 Å². The van der Waals surface area contributed by atoms with E-state index in [1.54, 1.807) is 0 Å². The van der Waals surface area contributed by atoms with Gasteiger partial charge >= 0.3 is 0 Å². The summed E-state index contributed by atoms with van der Waals surface area (Å²) in [4.78, 5) is 0. The first-order valence-corrected chi connectivity index (χ1v) is 4.42. The molecule has 0 amide bonds. The maximum atomic E-state index is 5.19. The molecule has 0 bridgehead atoms. The summed E-state index contributed by atoms with van der Waals surface area (Å²) in [6.07, 6.45) is 4.93. The minimum atomic E-state index is 0.593. The zero-order valence-electron chi connectivity index (χ0n) is 6.43. The fourth-order valence-corrected chi connectivity index (χ4v) is 1.57. The molecule has 0 aromatic carbocycles. The molecule has 1 unspecified atom stereocenters. The normalized spacial score (nSPS) is 24.9. The van der Waals surface area contributed by atoms with Gasteiger partial charge in [0.2, 0.25) is 0 Å². The molecule has 0 aromatic heterocycles. The quantitative estimate of drug-likeness (QED) is 0.584. The summed E-state index contributed by atoms with van der Waals surface area (Å²) in [6.45, 7) is 3.06. The minimum Gasteiger partial charge on any atom is -0.487 e. The Morgan fingerprint density at radius 2 is 2.50 bits per heavy atom. The van der Waals surface area contributed by atoms with E-state index in [1.165, 1.54) is 19.3 Å². The fraction of sp³-hybridized carbons (Fsp3) is 0.875. The second-order valence-corrected chi connectivity index (χ2v) is 3.20. The Hall–Kier alpha value is -0.110. The second kappa shape index (κ2) is 3.91. The summed E-state index contributed by atoms with van der Waals surface area (Å²) >= 11 is 5.03. The van der Waals surface area contributed by atoms with Crippen molar-refractivity contribution in [2.24, 2.45) is 5.92 Å². The molecule has 1 aliphatic heterocycles. The van der Waals surface area contributed by atoms with Crippen LogP contribution in [0.15, 0.2) is 0 Å². The van der Waals surface area contributed by atoms with Gasteiger partial charge in [-0.1, -0.05) is 19.8 Å². The lowest BCUT2D eigenvalue weighted by molar-refractivity contribution is 0.351. The van der Waals surface area contributed by atoms with E-state index in [4.69, 9.17) is 17.0 Å². The molecule has 0 N–H and O–H groups in total. The number of hydrogen-bond donors (Lipinski definition) is 0. The molecule has 1 saturated heterocycles. The third-order valence-electron chi connectivity index (χ3n) is 1.95.